The molecule has 0 rings (SSSR count). The van der Waals surface area contributed by atoms with Crippen molar-refractivity contribution in [1.82, 2.24) is 5.32 Å². The standard InChI is InChI=1S/C12H24BrNO2/c1-8(2)9(3)10(13)7-14-11(15)16-12(4,5)6/h8-10H,7H2,1-6H3,(H,14,15)/t9-,10?/m1/s1. The van der Waals surface area contributed by atoms with Crippen molar-refractivity contribution >= 4 is 22.0 Å². The minimum Gasteiger partial charge on any atom is -0.444 e. The van der Waals surface area contributed by atoms with Gasteiger partial charge in [-0.05, 0) is 32.6 Å². The number of rotatable bonds is 4. The van der Waals surface area contributed by atoms with Crippen LogP contribution in [0.3, 0.4) is 0 Å². The molecule has 0 saturated heterocycles. The first-order valence-corrected chi connectivity index (χ1v) is 6.66. The van der Waals surface area contributed by atoms with Gasteiger partial charge < -0.3 is 10.1 Å². The van der Waals surface area contributed by atoms with Gasteiger partial charge in [-0.1, -0.05) is 36.7 Å². The van der Waals surface area contributed by atoms with Crippen molar-refractivity contribution in [2.75, 3.05) is 6.54 Å². The van der Waals surface area contributed by atoms with Crippen LogP contribution in [0.1, 0.15) is 41.5 Å². The summed E-state index contributed by atoms with van der Waals surface area (Å²) in [6, 6.07) is 0. The molecular weight excluding hydrogens is 270 g/mol. The zero-order valence-electron chi connectivity index (χ0n) is 11.1. The number of ether oxygens (including phenoxy) is 1. The van der Waals surface area contributed by atoms with Gasteiger partial charge >= 0.3 is 6.09 Å². The molecule has 0 aromatic rings. The van der Waals surface area contributed by atoms with E-state index in [2.05, 4.69) is 42.0 Å². The summed E-state index contributed by atoms with van der Waals surface area (Å²) in [4.78, 5) is 11.7. The van der Waals surface area contributed by atoms with Crippen LogP contribution in [0.25, 0.3) is 0 Å². The van der Waals surface area contributed by atoms with Crippen LogP contribution in [0.15, 0.2) is 0 Å². The van der Waals surface area contributed by atoms with Crippen molar-refractivity contribution in [2.45, 2.75) is 52.0 Å². The van der Waals surface area contributed by atoms with Gasteiger partial charge in [0.25, 0.3) is 0 Å². The predicted octanol–water partition coefficient (Wildman–Crippen LogP) is 3.57. The molecule has 96 valence electrons. The van der Waals surface area contributed by atoms with Gasteiger partial charge in [0.15, 0.2) is 0 Å². The molecule has 0 fully saturated rings. The van der Waals surface area contributed by atoms with Gasteiger partial charge in [0, 0.05) is 11.4 Å². The van der Waals surface area contributed by atoms with E-state index in [9.17, 15) is 4.79 Å². The lowest BCUT2D eigenvalue weighted by molar-refractivity contribution is 0.0525. The van der Waals surface area contributed by atoms with E-state index in [1.807, 2.05) is 20.8 Å². The molecule has 0 aliphatic rings. The maximum Gasteiger partial charge on any atom is 0.407 e. The van der Waals surface area contributed by atoms with Gasteiger partial charge in [-0.15, -0.1) is 0 Å². The number of carbonyl (C=O) groups is 1. The second-order valence-corrected chi connectivity index (χ2v) is 6.68. The third-order valence-electron chi connectivity index (χ3n) is 2.46. The van der Waals surface area contributed by atoms with Crippen molar-refractivity contribution in [3.63, 3.8) is 0 Å². The molecule has 0 heterocycles. The number of alkyl carbamates (subject to hydrolysis) is 1. The predicted molar refractivity (Wildman–Crippen MR) is 71.0 cm³/mol. The average molecular weight is 294 g/mol. The van der Waals surface area contributed by atoms with Gasteiger partial charge in [0.05, 0.1) is 0 Å². The molecule has 0 aliphatic heterocycles. The van der Waals surface area contributed by atoms with Crippen LogP contribution in [-0.2, 0) is 4.74 Å². The number of hydrogen-bond acceptors (Lipinski definition) is 2. The lowest BCUT2D eigenvalue weighted by Crippen LogP contribution is -2.37. The molecule has 2 atom stereocenters. The molecule has 0 radical (unpaired) electrons. The van der Waals surface area contributed by atoms with Crippen molar-refractivity contribution < 1.29 is 9.53 Å². The Bertz CT molecular complexity index is 224. The Morgan fingerprint density at radius 1 is 1.31 bits per heavy atom. The van der Waals surface area contributed by atoms with Gasteiger partial charge in [0.1, 0.15) is 5.60 Å². The Labute approximate surface area is 107 Å². The van der Waals surface area contributed by atoms with Crippen molar-refractivity contribution in [3.8, 4) is 0 Å². The molecular formula is C12H24BrNO2. The van der Waals surface area contributed by atoms with E-state index in [4.69, 9.17) is 4.74 Å². The van der Waals surface area contributed by atoms with E-state index < -0.39 is 5.60 Å². The van der Waals surface area contributed by atoms with E-state index in [1.165, 1.54) is 0 Å². The number of carbonyl (C=O) groups excluding carboxylic acids is 1. The first kappa shape index (κ1) is 15.8. The maximum atomic E-state index is 11.4. The molecule has 1 N–H and O–H groups in total. The fourth-order valence-corrected chi connectivity index (χ4v) is 1.87. The molecule has 16 heavy (non-hydrogen) atoms. The third kappa shape index (κ3) is 7.09. The molecule has 3 nitrogen and oxygen atoms in total. The van der Waals surface area contributed by atoms with E-state index >= 15 is 0 Å². The second-order valence-electron chi connectivity index (χ2n) is 5.50. The highest BCUT2D eigenvalue weighted by molar-refractivity contribution is 9.09. The normalized spacial score (nSPS) is 15.8. The molecule has 0 bridgehead atoms. The van der Waals surface area contributed by atoms with Crippen molar-refractivity contribution in [1.29, 1.82) is 0 Å². The highest BCUT2D eigenvalue weighted by Crippen LogP contribution is 2.20. The molecule has 0 aromatic heterocycles. The quantitative estimate of drug-likeness (QED) is 0.805. The number of halogens is 1. The molecule has 4 heteroatoms. The Kier molecular flexibility index (Phi) is 6.38. The number of hydrogen-bond donors (Lipinski definition) is 1. The summed E-state index contributed by atoms with van der Waals surface area (Å²) >= 11 is 3.58. The van der Waals surface area contributed by atoms with Crippen LogP contribution >= 0.6 is 15.9 Å². The molecule has 0 saturated carbocycles. The number of amides is 1. The van der Waals surface area contributed by atoms with E-state index in [1.54, 1.807) is 0 Å². The van der Waals surface area contributed by atoms with Crippen LogP contribution in [0, 0.1) is 11.8 Å². The van der Waals surface area contributed by atoms with Gasteiger partial charge in [-0.25, -0.2) is 4.79 Å². The summed E-state index contributed by atoms with van der Waals surface area (Å²) in [7, 11) is 0. The lowest BCUT2D eigenvalue weighted by Gasteiger charge is -2.24. The Balaban J connectivity index is 3.93. The summed E-state index contributed by atoms with van der Waals surface area (Å²) < 4.78 is 5.16. The van der Waals surface area contributed by atoms with Crippen LogP contribution in [0.4, 0.5) is 4.79 Å². The minimum atomic E-state index is -0.435. The van der Waals surface area contributed by atoms with Crippen molar-refractivity contribution in [2.24, 2.45) is 11.8 Å². The Morgan fingerprint density at radius 2 is 1.81 bits per heavy atom. The third-order valence-corrected chi connectivity index (χ3v) is 3.62. The topological polar surface area (TPSA) is 38.3 Å². The van der Waals surface area contributed by atoms with E-state index in [0.29, 0.717) is 18.4 Å². The summed E-state index contributed by atoms with van der Waals surface area (Å²) in [5, 5.41) is 2.77. The molecule has 0 aromatic carbocycles. The maximum absolute atomic E-state index is 11.4. The van der Waals surface area contributed by atoms with Crippen LogP contribution in [0.5, 0.6) is 0 Å². The second kappa shape index (κ2) is 6.48. The highest BCUT2D eigenvalue weighted by atomic mass is 79.9. The smallest absolute Gasteiger partial charge is 0.407 e. The van der Waals surface area contributed by atoms with Gasteiger partial charge in [0.2, 0.25) is 0 Å². The lowest BCUT2D eigenvalue weighted by atomic mass is 9.95. The SMILES string of the molecule is CC(C)[C@@H](C)C(Br)CNC(=O)OC(C)(C)C. The highest BCUT2D eigenvalue weighted by Gasteiger charge is 2.20. The summed E-state index contributed by atoms with van der Waals surface area (Å²) in [6.45, 7) is 12.7. The first-order chi connectivity index (χ1) is 7.13. The fraction of sp³-hybridized carbons (Fsp3) is 0.917. The van der Waals surface area contributed by atoms with Crippen LogP contribution in [0.2, 0.25) is 0 Å². The zero-order chi connectivity index (χ0) is 12.9. The Hall–Kier alpha value is -0.250. The molecule has 1 amide bonds. The van der Waals surface area contributed by atoms with Gasteiger partial charge in [-0.3, -0.25) is 0 Å². The van der Waals surface area contributed by atoms with Crippen LogP contribution in [-0.4, -0.2) is 23.1 Å². The fourth-order valence-electron chi connectivity index (χ4n) is 1.10. The Morgan fingerprint density at radius 3 is 2.19 bits per heavy atom. The molecule has 1 unspecified atom stereocenters. The van der Waals surface area contributed by atoms with Crippen molar-refractivity contribution in [3.05, 3.63) is 0 Å². The minimum absolute atomic E-state index is 0.278. The van der Waals surface area contributed by atoms with E-state index in [0.717, 1.165) is 0 Å². The van der Waals surface area contributed by atoms with E-state index in [-0.39, 0.29) is 10.9 Å². The number of nitrogens with one attached hydrogen (secondary N) is 1. The largest absolute Gasteiger partial charge is 0.444 e. The molecule has 0 spiro atoms. The van der Waals surface area contributed by atoms with Gasteiger partial charge in [-0.2, -0.15) is 0 Å². The number of alkyl halides is 1. The summed E-state index contributed by atoms with van der Waals surface area (Å²) in [5.74, 6) is 1.10. The summed E-state index contributed by atoms with van der Waals surface area (Å²) in [5.41, 5.74) is -0.435. The monoisotopic (exact) mass is 293 g/mol. The molecule has 0 aliphatic carbocycles. The zero-order valence-corrected chi connectivity index (χ0v) is 12.7. The first-order valence-electron chi connectivity index (χ1n) is 5.74. The summed E-state index contributed by atoms with van der Waals surface area (Å²) in [6.07, 6.45) is -0.354. The average Bonchev–Trinajstić information content (AvgIpc) is 2.09. The van der Waals surface area contributed by atoms with Crippen LogP contribution < -0.4 is 5.32 Å².